The first-order valence-electron chi connectivity index (χ1n) is 4.89. The predicted molar refractivity (Wildman–Crippen MR) is 58.2 cm³/mol. The second-order valence-corrected chi connectivity index (χ2v) is 3.84. The molecule has 1 aliphatic rings. The lowest BCUT2D eigenvalue weighted by molar-refractivity contribution is 0.0695. The molecule has 0 spiro atoms. The molecule has 0 fully saturated rings. The van der Waals surface area contributed by atoms with Gasteiger partial charge >= 0.3 is 5.97 Å². The zero-order chi connectivity index (χ0) is 11.7. The Kier molecular flexibility index (Phi) is 2.82. The Balaban J connectivity index is 2.70. The Morgan fingerprint density at radius 1 is 1.50 bits per heavy atom. The molecule has 0 saturated heterocycles. The Morgan fingerprint density at radius 3 is 2.94 bits per heavy atom. The highest BCUT2D eigenvalue weighted by Crippen LogP contribution is 2.20. The molecule has 0 unspecified atom stereocenters. The van der Waals surface area contributed by atoms with Crippen LogP contribution in [0.3, 0.4) is 0 Å². The number of carboxylic acids is 1. The van der Waals surface area contributed by atoms with Gasteiger partial charge in [-0.05, 0) is 24.4 Å². The Bertz CT molecular complexity index is 498. The molecule has 2 N–H and O–H groups in total. The number of fused-ring (bicyclic) bond motifs is 1. The fourth-order valence-corrected chi connectivity index (χ4v) is 1.96. The minimum Gasteiger partial charge on any atom is -0.477 e. The number of nitrogens with zero attached hydrogens (tertiary/aromatic N) is 2. The van der Waals surface area contributed by atoms with E-state index in [1.54, 1.807) is 0 Å². The third-order valence-corrected chi connectivity index (χ3v) is 2.74. The van der Waals surface area contributed by atoms with Gasteiger partial charge in [0.2, 0.25) is 5.28 Å². The van der Waals surface area contributed by atoms with Gasteiger partial charge in [0.15, 0.2) is 5.56 Å². The van der Waals surface area contributed by atoms with E-state index in [0.29, 0.717) is 13.1 Å². The van der Waals surface area contributed by atoms with Gasteiger partial charge in [-0.1, -0.05) is 0 Å². The van der Waals surface area contributed by atoms with Gasteiger partial charge < -0.3 is 15.0 Å². The summed E-state index contributed by atoms with van der Waals surface area (Å²) in [5, 5.41) is 11.9. The predicted octanol–water partition coefficient (Wildman–Crippen LogP) is 0.801. The van der Waals surface area contributed by atoms with Crippen LogP contribution in [0.2, 0.25) is 5.28 Å². The van der Waals surface area contributed by atoms with Crippen molar-refractivity contribution < 1.29 is 9.90 Å². The zero-order valence-corrected chi connectivity index (χ0v) is 9.12. The molecule has 6 nitrogen and oxygen atoms in total. The average Bonchev–Trinajstić information content (AvgIpc) is 2.42. The highest BCUT2D eigenvalue weighted by molar-refractivity contribution is 6.28. The van der Waals surface area contributed by atoms with Crippen molar-refractivity contribution >= 4 is 23.4 Å². The summed E-state index contributed by atoms with van der Waals surface area (Å²) in [7, 11) is 0. The topological polar surface area (TPSA) is 84.2 Å². The molecular weight excluding hydrogens is 234 g/mol. The van der Waals surface area contributed by atoms with Crippen LogP contribution >= 0.6 is 11.6 Å². The van der Waals surface area contributed by atoms with Crippen molar-refractivity contribution in [1.29, 1.82) is 0 Å². The van der Waals surface area contributed by atoms with Gasteiger partial charge in [-0.25, -0.2) is 4.79 Å². The molecule has 7 heteroatoms. The maximum atomic E-state index is 11.4. The van der Waals surface area contributed by atoms with E-state index in [0.717, 1.165) is 12.8 Å². The molecule has 0 atom stereocenters. The molecule has 16 heavy (non-hydrogen) atoms. The zero-order valence-electron chi connectivity index (χ0n) is 8.36. The van der Waals surface area contributed by atoms with Gasteiger partial charge in [-0.3, -0.25) is 4.79 Å². The van der Waals surface area contributed by atoms with E-state index in [-0.39, 0.29) is 16.7 Å². The number of carbonyl (C=O) groups is 1. The van der Waals surface area contributed by atoms with Gasteiger partial charge in [0.25, 0.3) is 5.56 Å². The molecule has 86 valence electrons. The van der Waals surface area contributed by atoms with Crippen LogP contribution in [0.25, 0.3) is 0 Å². The van der Waals surface area contributed by atoms with Crippen molar-refractivity contribution in [3.63, 3.8) is 0 Å². The van der Waals surface area contributed by atoms with Crippen molar-refractivity contribution in [3.8, 4) is 0 Å². The number of hydrogen-bond donors (Lipinski definition) is 2. The van der Waals surface area contributed by atoms with Gasteiger partial charge in [0.1, 0.15) is 5.82 Å². The van der Waals surface area contributed by atoms with E-state index < -0.39 is 11.5 Å². The number of carboxylic acid groups (broad SMARTS) is 1. The minimum absolute atomic E-state index is 0.0272. The monoisotopic (exact) mass is 243 g/mol. The average molecular weight is 244 g/mol. The number of halogens is 1. The van der Waals surface area contributed by atoms with Crippen LogP contribution in [-0.4, -0.2) is 27.2 Å². The summed E-state index contributed by atoms with van der Waals surface area (Å²) in [6.07, 6.45) is 1.76. The quantitative estimate of drug-likeness (QED) is 0.713. The van der Waals surface area contributed by atoms with Crippen molar-refractivity contribution in [3.05, 3.63) is 21.2 Å². The lowest BCUT2D eigenvalue weighted by Crippen LogP contribution is -2.25. The number of nitrogens with one attached hydrogen (secondary N) is 1. The third-order valence-electron chi connectivity index (χ3n) is 2.45. The maximum Gasteiger partial charge on any atom is 0.345 e. The summed E-state index contributed by atoms with van der Waals surface area (Å²) in [4.78, 5) is 25.9. The molecule has 0 saturated carbocycles. The molecule has 1 aromatic rings. The van der Waals surface area contributed by atoms with E-state index in [2.05, 4.69) is 10.3 Å². The molecular formula is C9H10ClN3O3. The number of anilines is 1. The molecule has 1 aromatic heterocycles. The van der Waals surface area contributed by atoms with Crippen molar-refractivity contribution in [2.75, 3.05) is 11.9 Å². The third kappa shape index (κ3) is 1.76. The van der Waals surface area contributed by atoms with Crippen molar-refractivity contribution in [2.24, 2.45) is 0 Å². The van der Waals surface area contributed by atoms with Gasteiger partial charge in [0, 0.05) is 13.1 Å². The van der Waals surface area contributed by atoms with Crippen molar-refractivity contribution in [2.45, 2.75) is 19.4 Å². The van der Waals surface area contributed by atoms with Crippen LogP contribution in [0.4, 0.5) is 5.82 Å². The summed E-state index contributed by atoms with van der Waals surface area (Å²) >= 11 is 5.82. The molecule has 0 aliphatic carbocycles. The fourth-order valence-electron chi connectivity index (χ4n) is 1.71. The fraction of sp³-hybridized carbons (Fsp3) is 0.444. The molecule has 0 radical (unpaired) electrons. The highest BCUT2D eigenvalue weighted by Gasteiger charge is 2.22. The standard InChI is InChI=1S/C9H10ClN3O3/c10-9-12-7(14)5(8(15)16)6-11-3-1-2-4-13(6)9/h11H,1-4H2,(H,15,16). The second kappa shape index (κ2) is 4.13. The van der Waals surface area contributed by atoms with E-state index in [1.807, 2.05) is 0 Å². The largest absolute Gasteiger partial charge is 0.477 e. The molecule has 2 heterocycles. The van der Waals surface area contributed by atoms with Crippen LogP contribution in [0, 0.1) is 0 Å². The van der Waals surface area contributed by atoms with Crippen LogP contribution in [0.15, 0.2) is 4.79 Å². The minimum atomic E-state index is -1.28. The first-order valence-corrected chi connectivity index (χ1v) is 5.26. The molecule has 2 rings (SSSR count). The van der Waals surface area contributed by atoms with E-state index in [9.17, 15) is 9.59 Å². The highest BCUT2D eigenvalue weighted by atomic mass is 35.5. The van der Waals surface area contributed by atoms with E-state index in [1.165, 1.54) is 4.57 Å². The van der Waals surface area contributed by atoms with Gasteiger partial charge in [0.05, 0.1) is 0 Å². The van der Waals surface area contributed by atoms with Crippen molar-refractivity contribution in [1.82, 2.24) is 9.55 Å². The number of hydrogen-bond acceptors (Lipinski definition) is 4. The van der Waals surface area contributed by atoms with Crippen LogP contribution in [0.5, 0.6) is 0 Å². The molecule has 0 aromatic carbocycles. The number of aromatic carboxylic acids is 1. The van der Waals surface area contributed by atoms with Crippen LogP contribution < -0.4 is 10.9 Å². The number of aromatic nitrogens is 2. The van der Waals surface area contributed by atoms with E-state index in [4.69, 9.17) is 16.7 Å². The lowest BCUT2D eigenvalue weighted by atomic mass is 10.3. The normalized spacial score (nSPS) is 14.8. The Morgan fingerprint density at radius 2 is 2.25 bits per heavy atom. The smallest absolute Gasteiger partial charge is 0.345 e. The summed E-state index contributed by atoms with van der Waals surface area (Å²) in [6, 6.07) is 0. The SMILES string of the molecule is O=C(O)c1c2n(c(Cl)nc1=O)CCCCN2. The summed E-state index contributed by atoms with van der Waals surface area (Å²) in [6.45, 7) is 1.19. The van der Waals surface area contributed by atoms with Gasteiger partial charge in [-0.2, -0.15) is 4.98 Å². The summed E-state index contributed by atoms with van der Waals surface area (Å²) in [5.74, 6) is -1.03. The van der Waals surface area contributed by atoms with E-state index >= 15 is 0 Å². The first kappa shape index (κ1) is 10.9. The lowest BCUT2D eigenvalue weighted by Gasteiger charge is -2.13. The first-order chi connectivity index (χ1) is 7.61. The number of rotatable bonds is 1. The summed E-state index contributed by atoms with van der Waals surface area (Å²) in [5.41, 5.74) is -1.15. The Labute approximate surface area is 95.9 Å². The van der Waals surface area contributed by atoms with Crippen LogP contribution in [-0.2, 0) is 6.54 Å². The Hall–Kier alpha value is -1.56. The van der Waals surface area contributed by atoms with Gasteiger partial charge in [-0.15, -0.1) is 0 Å². The molecule has 0 bridgehead atoms. The second-order valence-electron chi connectivity index (χ2n) is 3.50. The molecule has 0 amide bonds. The molecule has 1 aliphatic heterocycles. The summed E-state index contributed by atoms with van der Waals surface area (Å²) < 4.78 is 1.53. The maximum absolute atomic E-state index is 11.4. The van der Waals surface area contributed by atoms with Crippen LogP contribution in [0.1, 0.15) is 23.2 Å².